The van der Waals surface area contributed by atoms with Crippen LogP contribution in [0.15, 0.2) is 18.2 Å². The molecule has 0 unspecified atom stereocenters. The van der Waals surface area contributed by atoms with Gasteiger partial charge in [0, 0.05) is 12.0 Å². The summed E-state index contributed by atoms with van der Waals surface area (Å²) in [6, 6.07) is 3.43. The molecule has 250 valence electrons. The minimum atomic E-state index is -1.13. The highest BCUT2D eigenvalue weighted by Gasteiger charge is 2.52. The normalized spacial score (nSPS) is 32.1. The standard InChI is InChI=1S/C35H48N4O7/c1-6-22-27-18-39(28(22)33(41)42)32(40)30(35(2,3)4)38-34(43)46-29-20-13-12-19(16-20)23(29)10-8-7-9-11-25-31(45-27)37-26-17-21(44-5)14-15-24(26)36-25/h14-15,17,19-20,22-23,27-30H,6-13,16,18H2,1-5H3,(H,38,43)(H,41,42)/t19-,20+,22-,23-,27+,28+,29-,30-/m1/s1. The topological polar surface area (TPSA) is 140 Å². The molecule has 1 aromatic heterocycles. The lowest BCUT2D eigenvalue weighted by Crippen LogP contribution is -2.57. The van der Waals surface area contributed by atoms with Crippen molar-refractivity contribution < 1.29 is 33.7 Å². The fourth-order valence-electron chi connectivity index (χ4n) is 8.49. The third kappa shape index (κ3) is 6.21. The van der Waals surface area contributed by atoms with Crippen LogP contribution in [0.1, 0.15) is 84.8 Å². The number of alkyl carbamates (subject to hydrolysis) is 1. The monoisotopic (exact) mass is 636 g/mol. The number of ether oxygens (including phenoxy) is 3. The maximum atomic E-state index is 14.3. The van der Waals surface area contributed by atoms with Crippen molar-refractivity contribution in [2.24, 2.45) is 29.1 Å². The number of hydrogen-bond donors (Lipinski definition) is 2. The summed E-state index contributed by atoms with van der Waals surface area (Å²) in [6.07, 6.45) is 6.92. The Morgan fingerprint density at radius 1 is 1.07 bits per heavy atom. The maximum absolute atomic E-state index is 14.3. The van der Waals surface area contributed by atoms with Gasteiger partial charge in [0.15, 0.2) is 0 Å². The average Bonchev–Trinajstić information content (AvgIpc) is 3.72. The average molecular weight is 637 g/mol. The number of nitrogens with one attached hydrogen (secondary N) is 1. The first-order valence-electron chi connectivity index (χ1n) is 17.0. The molecule has 2 amide bonds. The van der Waals surface area contributed by atoms with Gasteiger partial charge in [-0.1, -0.05) is 40.5 Å². The molecule has 8 atom stereocenters. The summed E-state index contributed by atoms with van der Waals surface area (Å²) in [5.74, 6) is 0.168. The van der Waals surface area contributed by atoms with Crippen molar-refractivity contribution in [3.63, 3.8) is 0 Å². The zero-order valence-electron chi connectivity index (χ0n) is 27.7. The first-order chi connectivity index (χ1) is 22.0. The number of nitrogens with zero attached hydrogens (tertiary/aromatic N) is 3. The number of carboxylic acids is 1. The molecule has 1 saturated heterocycles. The second kappa shape index (κ2) is 12.9. The van der Waals surface area contributed by atoms with Gasteiger partial charge in [-0.05, 0) is 80.2 Å². The van der Waals surface area contributed by atoms with Crippen LogP contribution in [0.5, 0.6) is 11.6 Å². The molecule has 11 nitrogen and oxygen atoms in total. The number of carbonyl (C=O) groups is 3. The molecule has 6 rings (SSSR count). The van der Waals surface area contributed by atoms with Crippen molar-refractivity contribution in [3.05, 3.63) is 23.9 Å². The fraction of sp³-hybridized carbons (Fsp3) is 0.686. The maximum Gasteiger partial charge on any atom is 0.408 e. The molecule has 4 aliphatic rings. The van der Waals surface area contributed by atoms with Crippen LogP contribution < -0.4 is 14.8 Å². The van der Waals surface area contributed by atoms with Crippen molar-refractivity contribution in [2.75, 3.05) is 13.7 Å². The number of hydrogen-bond acceptors (Lipinski definition) is 8. The van der Waals surface area contributed by atoms with Crippen molar-refractivity contribution in [3.8, 4) is 11.6 Å². The van der Waals surface area contributed by atoms with Crippen molar-refractivity contribution in [1.82, 2.24) is 20.2 Å². The first-order valence-corrected chi connectivity index (χ1v) is 17.0. The van der Waals surface area contributed by atoms with Gasteiger partial charge in [0.25, 0.3) is 0 Å². The summed E-state index contributed by atoms with van der Waals surface area (Å²) in [6.45, 7) is 7.55. The smallest absolute Gasteiger partial charge is 0.408 e. The Bertz CT molecular complexity index is 1470. The number of fused-ring (bicyclic) bond motifs is 9. The van der Waals surface area contributed by atoms with Crippen LogP contribution in [0.25, 0.3) is 11.0 Å². The first kappa shape index (κ1) is 32.3. The Kier molecular flexibility index (Phi) is 9.04. The van der Waals surface area contributed by atoms with E-state index < -0.39 is 47.5 Å². The number of aliphatic carboxylic acids is 1. The lowest BCUT2D eigenvalue weighted by atomic mass is 9.82. The van der Waals surface area contributed by atoms with Crippen LogP contribution in [0.4, 0.5) is 4.79 Å². The molecule has 0 spiro atoms. The van der Waals surface area contributed by atoms with Gasteiger partial charge >= 0.3 is 12.1 Å². The predicted octanol–water partition coefficient (Wildman–Crippen LogP) is 5.38. The number of amides is 2. The van der Waals surface area contributed by atoms with E-state index in [0.29, 0.717) is 47.7 Å². The molecule has 46 heavy (non-hydrogen) atoms. The summed E-state index contributed by atoms with van der Waals surface area (Å²) < 4.78 is 18.1. The quantitative estimate of drug-likeness (QED) is 0.454. The van der Waals surface area contributed by atoms with E-state index in [4.69, 9.17) is 24.2 Å². The lowest BCUT2D eigenvalue weighted by Gasteiger charge is -2.36. The number of benzene rings is 1. The molecule has 2 aliphatic heterocycles. The molecular weight excluding hydrogens is 588 g/mol. The molecular formula is C35H48N4O7. The van der Waals surface area contributed by atoms with Crippen molar-refractivity contribution in [2.45, 2.75) is 110 Å². The largest absolute Gasteiger partial charge is 0.497 e. The van der Waals surface area contributed by atoms with E-state index >= 15 is 0 Å². The van der Waals surface area contributed by atoms with Gasteiger partial charge in [0.2, 0.25) is 11.8 Å². The molecule has 2 aromatic rings. The number of carboxylic acid groups (broad SMARTS) is 1. The van der Waals surface area contributed by atoms with Crippen molar-refractivity contribution in [1.29, 1.82) is 0 Å². The van der Waals surface area contributed by atoms with Crippen LogP contribution in [-0.4, -0.2) is 75.9 Å². The van der Waals surface area contributed by atoms with E-state index in [1.54, 1.807) is 7.11 Å². The Morgan fingerprint density at radius 2 is 1.85 bits per heavy atom. The van der Waals surface area contributed by atoms with Gasteiger partial charge in [-0.15, -0.1) is 0 Å². The van der Waals surface area contributed by atoms with Crippen molar-refractivity contribution >= 4 is 29.0 Å². The molecule has 2 saturated carbocycles. The van der Waals surface area contributed by atoms with Gasteiger partial charge in [0.1, 0.15) is 35.7 Å². The third-order valence-electron chi connectivity index (χ3n) is 10.8. The van der Waals surface area contributed by atoms with E-state index in [0.717, 1.165) is 49.7 Å². The second-order valence-corrected chi connectivity index (χ2v) is 14.7. The highest BCUT2D eigenvalue weighted by atomic mass is 16.6. The molecule has 11 heteroatoms. The van der Waals surface area contributed by atoms with E-state index in [1.165, 1.54) is 11.3 Å². The number of aryl methyl sites for hydroxylation is 1. The summed E-state index contributed by atoms with van der Waals surface area (Å²) in [5.41, 5.74) is 1.37. The zero-order valence-corrected chi connectivity index (χ0v) is 27.7. The highest BCUT2D eigenvalue weighted by Crippen LogP contribution is 2.51. The SMILES string of the molecule is CC[C@@H]1[C@@H]2CN(C(=O)[C@H](C(C)(C)C)NC(=O)O[C@@H]3[C@H]4CC[C@H](C4)[C@H]3CCCCCc3nc4ccc(OC)cc4nc3O2)[C@@H]1C(=O)O. The van der Waals surface area contributed by atoms with E-state index in [2.05, 4.69) is 5.32 Å². The van der Waals surface area contributed by atoms with Gasteiger partial charge < -0.3 is 29.5 Å². The third-order valence-corrected chi connectivity index (χ3v) is 10.8. The highest BCUT2D eigenvalue weighted by molar-refractivity contribution is 5.90. The van der Waals surface area contributed by atoms with Crippen LogP contribution in [-0.2, 0) is 20.7 Å². The van der Waals surface area contributed by atoms with E-state index in [9.17, 15) is 19.5 Å². The molecule has 3 fully saturated rings. The van der Waals surface area contributed by atoms with Gasteiger partial charge in [-0.25, -0.2) is 19.6 Å². The Morgan fingerprint density at radius 3 is 2.57 bits per heavy atom. The second-order valence-electron chi connectivity index (χ2n) is 14.7. The molecule has 4 bridgehead atoms. The van der Waals surface area contributed by atoms with Crippen LogP contribution in [0, 0.1) is 29.1 Å². The van der Waals surface area contributed by atoms with E-state index in [1.807, 2.05) is 45.9 Å². The van der Waals surface area contributed by atoms with Gasteiger partial charge in [-0.2, -0.15) is 0 Å². The predicted molar refractivity (Wildman–Crippen MR) is 171 cm³/mol. The molecule has 2 aliphatic carbocycles. The zero-order chi connectivity index (χ0) is 32.7. The summed E-state index contributed by atoms with van der Waals surface area (Å²) in [5, 5.41) is 13.3. The Balaban J connectivity index is 1.38. The summed E-state index contributed by atoms with van der Waals surface area (Å²) in [4.78, 5) is 51.7. The minimum absolute atomic E-state index is 0.0450. The van der Waals surface area contributed by atoms with Crippen LogP contribution >= 0.6 is 0 Å². The number of aromatic nitrogens is 2. The molecule has 3 heterocycles. The molecule has 1 aromatic carbocycles. The minimum Gasteiger partial charge on any atom is -0.497 e. The molecule has 2 N–H and O–H groups in total. The Hall–Kier alpha value is -3.63. The summed E-state index contributed by atoms with van der Waals surface area (Å²) >= 11 is 0. The Labute approximate surface area is 270 Å². The molecule has 0 radical (unpaired) electrons. The fourth-order valence-corrected chi connectivity index (χ4v) is 8.49. The van der Waals surface area contributed by atoms with Crippen LogP contribution in [0.3, 0.4) is 0 Å². The summed E-state index contributed by atoms with van der Waals surface area (Å²) in [7, 11) is 1.60. The van der Waals surface area contributed by atoms with Gasteiger partial charge in [0.05, 0.1) is 24.7 Å². The number of rotatable bonds is 3. The number of carbonyl (C=O) groups excluding carboxylic acids is 2. The number of methoxy groups -OCH3 is 1. The van der Waals surface area contributed by atoms with Gasteiger partial charge in [-0.3, -0.25) is 4.79 Å². The van der Waals surface area contributed by atoms with Crippen LogP contribution in [0.2, 0.25) is 0 Å². The van der Waals surface area contributed by atoms with E-state index in [-0.39, 0.29) is 12.6 Å². The lowest BCUT2D eigenvalue weighted by molar-refractivity contribution is -0.151.